The van der Waals surface area contributed by atoms with Gasteiger partial charge < -0.3 is 23.9 Å². The molecule has 3 aromatic rings. The predicted molar refractivity (Wildman–Crippen MR) is 102 cm³/mol. The van der Waals surface area contributed by atoms with Crippen LogP contribution in [0.5, 0.6) is 0 Å². The van der Waals surface area contributed by atoms with Gasteiger partial charge in [-0.1, -0.05) is 17.0 Å². The first-order valence-electron chi connectivity index (χ1n) is 8.74. The SMILES string of the molecule is Cc1cc([C@H](O)C#Cc2cn(C)c(=O)c3[nH]c(C)c(C(=O)OC(C)C)c23)no1. The number of rotatable bonds is 3. The highest BCUT2D eigenvalue weighted by Gasteiger charge is 2.23. The maximum absolute atomic E-state index is 12.6. The molecule has 8 heteroatoms. The van der Waals surface area contributed by atoms with Gasteiger partial charge in [-0.25, -0.2) is 4.79 Å². The number of esters is 1. The van der Waals surface area contributed by atoms with Crippen LogP contribution in [0.25, 0.3) is 10.9 Å². The van der Waals surface area contributed by atoms with E-state index in [2.05, 4.69) is 22.0 Å². The molecule has 146 valence electrons. The molecular formula is C20H21N3O5. The van der Waals surface area contributed by atoms with Crippen LogP contribution in [0.15, 0.2) is 21.6 Å². The average molecular weight is 383 g/mol. The van der Waals surface area contributed by atoms with Crippen LogP contribution >= 0.6 is 0 Å². The van der Waals surface area contributed by atoms with Crippen LogP contribution in [0, 0.1) is 25.7 Å². The highest BCUT2D eigenvalue weighted by atomic mass is 16.5. The molecule has 0 saturated carbocycles. The summed E-state index contributed by atoms with van der Waals surface area (Å²) in [7, 11) is 1.59. The summed E-state index contributed by atoms with van der Waals surface area (Å²) in [6.45, 7) is 6.90. The number of aliphatic hydroxyl groups is 1. The van der Waals surface area contributed by atoms with Gasteiger partial charge in [0.1, 0.15) is 17.0 Å². The summed E-state index contributed by atoms with van der Waals surface area (Å²) in [5, 5.41) is 14.3. The van der Waals surface area contributed by atoms with Crippen molar-refractivity contribution in [2.45, 2.75) is 39.9 Å². The Hall–Kier alpha value is -3.31. The Bertz CT molecular complexity index is 1170. The average Bonchev–Trinajstić information content (AvgIpc) is 3.19. The number of nitrogens with one attached hydrogen (secondary N) is 1. The lowest BCUT2D eigenvalue weighted by molar-refractivity contribution is 0.0379. The smallest absolute Gasteiger partial charge is 0.340 e. The van der Waals surface area contributed by atoms with Crippen molar-refractivity contribution >= 4 is 16.9 Å². The van der Waals surface area contributed by atoms with E-state index in [1.54, 1.807) is 40.8 Å². The van der Waals surface area contributed by atoms with E-state index in [0.717, 1.165) is 0 Å². The van der Waals surface area contributed by atoms with Crippen molar-refractivity contribution in [1.82, 2.24) is 14.7 Å². The molecular weight excluding hydrogens is 362 g/mol. The second-order valence-corrected chi connectivity index (χ2v) is 6.82. The summed E-state index contributed by atoms with van der Waals surface area (Å²) in [5.74, 6) is 5.56. The number of carbonyl (C=O) groups excluding carboxylic acids is 1. The Morgan fingerprint density at radius 3 is 2.71 bits per heavy atom. The van der Waals surface area contributed by atoms with Gasteiger partial charge in [-0.3, -0.25) is 4.79 Å². The van der Waals surface area contributed by atoms with Crippen molar-refractivity contribution in [1.29, 1.82) is 0 Å². The van der Waals surface area contributed by atoms with E-state index in [4.69, 9.17) is 9.26 Å². The molecule has 0 aliphatic heterocycles. The number of carbonyl (C=O) groups is 1. The number of hydrogen-bond donors (Lipinski definition) is 2. The first-order valence-corrected chi connectivity index (χ1v) is 8.74. The number of hydrogen-bond acceptors (Lipinski definition) is 6. The third-order valence-electron chi connectivity index (χ3n) is 4.13. The van der Waals surface area contributed by atoms with Crippen molar-refractivity contribution < 1.29 is 19.2 Å². The summed E-state index contributed by atoms with van der Waals surface area (Å²) in [5.41, 5.74) is 1.44. The lowest BCUT2D eigenvalue weighted by Crippen LogP contribution is -2.18. The van der Waals surface area contributed by atoms with Crippen molar-refractivity contribution in [3.8, 4) is 11.8 Å². The normalized spacial score (nSPS) is 12.1. The van der Waals surface area contributed by atoms with Crippen LogP contribution in [-0.2, 0) is 11.8 Å². The van der Waals surface area contributed by atoms with Gasteiger partial charge in [0, 0.05) is 30.4 Å². The first kappa shape index (κ1) is 19.5. The fourth-order valence-electron chi connectivity index (χ4n) is 2.91. The van der Waals surface area contributed by atoms with E-state index in [-0.39, 0.29) is 28.4 Å². The Labute approximate surface area is 161 Å². The minimum atomic E-state index is -1.17. The molecule has 0 aliphatic carbocycles. The maximum atomic E-state index is 12.6. The molecule has 0 bridgehead atoms. The number of fused-ring (bicyclic) bond motifs is 1. The number of H-pyrrole nitrogens is 1. The third-order valence-corrected chi connectivity index (χ3v) is 4.13. The summed E-state index contributed by atoms with van der Waals surface area (Å²) in [6, 6.07) is 1.58. The van der Waals surface area contributed by atoms with Gasteiger partial charge in [0.15, 0.2) is 6.10 Å². The van der Waals surface area contributed by atoms with Gasteiger partial charge in [0.05, 0.1) is 17.2 Å². The predicted octanol–water partition coefficient (Wildman–Crippen LogP) is 2.12. The number of nitrogens with zero attached hydrogens (tertiary/aromatic N) is 2. The van der Waals surface area contributed by atoms with Crippen LogP contribution in [0.2, 0.25) is 0 Å². The summed E-state index contributed by atoms with van der Waals surface area (Å²) >= 11 is 0. The van der Waals surface area contributed by atoms with E-state index >= 15 is 0 Å². The molecule has 0 aliphatic rings. The van der Waals surface area contributed by atoms with E-state index in [1.165, 1.54) is 10.8 Å². The van der Waals surface area contributed by atoms with Crippen LogP contribution in [0.3, 0.4) is 0 Å². The van der Waals surface area contributed by atoms with Crippen molar-refractivity contribution in [3.63, 3.8) is 0 Å². The molecule has 0 spiro atoms. The van der Waals surface area contributed by atoms with Crippen LogP contribution in [0.4, 0.5) is 0 Å². The topological polar surface area (TPSA) is 110 Å². The number of aromatic nitrogens is 3. The molecule has 2 N–H and O–H groups in total. The Kier molecular flexibility index (Phi) is 5.12. The quantitative estimate of drug-likeness (QED) is 0.529. The molecule has 0 aromatic carbocycles. The zero-order chi connectivity index (χ0) is 20.6. The van der Waals surface area contributed by atoms with Gasteiger partial charge >= 0.3 is 5.97 Å². The van der Waals surface area contributed by atoms with Gasteiger partial charge in [-0.15, -0.1) is 0 Å². The molecule has 8 nitrogen and oxygen atoms in total. The molecule has 0 amide bonds. The molecule has 0 saturated heterocycles. The van der Waals surface area contributed by atoms with Crippen molar-refractivity contribution in [2.75, 3.05) is 0 Å². The Balaban J connectivity index is 2.17. The van der Waals surface area contributed by atoms with E-state index in [1.807, 2.05) is 0 Å². The molecule has 3 aromatic heterocycles. The molecule has 0 unspecified atom stereocenters. The van der Waals surface area contributed by atoms with Crippen molar-refractivity contribution in [3.05, 3.63) is 50.9 Å². The zero-order valence-corrected chi connectivity index (χ0v) is 16.3. The summed E-state index contributed by atoms with van der Waals surface area (Å²) in [4.78, 5) is 28.1. The van der Waals surface area contributed by atoms with Crippen LogP contribution in [0.1, 0.15) is 53.0 Å². The summed E-state index contributed by atoms with van der Waals surface area (Å²) in [6.07, 6.45) is 0.0451. The van der Waals surface area contributed by atoms with E-state index in [9.17, 15) is 14.7 Å². The molecule has 0 radical (unpaired) electrons. The Morgan fingerprint density at radius 2 is 2.11 bits per heavy atom. The van der Waals surface area contributed by atoms with Crippen molar-refractivity contribution in [2.24, 2.45) is 7.05 Å². The Morgan fingerprint density at radius 1 is 1.39 bits per heavy atom. The standard InChI is InChI=1S/C20H21N3O5/c1-10(2)27-20(26)16-12(4)21-18-17(16)13(9-23(5)19(18)25)6-7-15(24)14-8-11(3)28-22-14/h8-10,15,21,24H,1-5H3/t15-/m1/s1. The number of pyridine rings is 1. The van der Waals surface area contributed by atoms with Gasteiger partial charge in [-0.2, -0.15) is 0 Å². The number of ether oxygens (including phenoxy) is 1. The maximum Gasteiger partial charge on any atom is 0.340 e. The summed E-state index contributed by atoms with van der Waals surface area (Å²) < 4.78 is 11.6. The minimum Gasteiger partial charge on any atom is -0.459 e. The minimum absolute atomic E-state index is 0.259. The van der Waals surface area contributed by atoms with Crippen LogP contribution < -0.4 is 5.56 Å². The van der Waals surface area contributed by atoms with E-state index in [0.29, 0.717) is 22.4 Å². The monoisotopic (exact) mass is 383 g/mol. The lowest BCUT2D eigenvalue weighted by atomic mass is 10.1. The second-order valence-electron chi connectivity index (χ2n) is 6.82. The molecule has 1 atom stereocenters. The number of aryl methyl sites for hydroxylation is 3. The van der Waals surface area contributed by atoms with E-state index < -0.39 is 12.1 Å². The number of aromatic amines is 1. The molecule has 3 heterocycles. The lowest BCUT2D eigenvalue weighted by Gasteiger charge is -2.09. The number of aliphatic hydroxyl groups excluding tert-OH is 1. The molecule has 3 rings (SSSR count). The zero-order valence-electron chi connectivity index (χ0n) is 16.3. The third kappa shape index (κ3) is 3.57. The fourth-order valence-corrected chi connectivity index (χ4v) is 2.91. The first-order chi connectivity index (χ1) is 13.2. The van der Waals surface area contributed by atoms with Crippen LogP contribution in [-0.4, -0.2) is 31.9 Å². The fraction of sp³-hybridized carbons (Fsp3) is 0.350. The second kappa shape index (κ2) is 7.37. The van der Waals surface area contributed by atoms with Gasteiger partial charge in [0.25, 0.3) is 5.56 Å². The molecule has 0 fully saturated rings. The molecule has 28 heavy (non-hydrogen) atoms. The van der Waals surface area contributed by atoms with Gasteiger partial charge in [0.2, 0.25) is 0 Å². The largest absolute Gasteiger partial charge is 0.459 e. The van der Waals surface area contributed by atoms with Gasteiger partial charge in [-0.05, 0) is 27.7 Å². The highest BCUT2D eigenvalue weighted by Crippen LogP contribution is 2.25. The highest BCUT2D eigenvalue weighted by molar-refractivity contribution is 6.07.